The zero-order valence-corrected chi connectivity index (χ0v) is 46.8. The third-order valence-corrected chi connectivity index (χ3v) is 22.5. The summed E-state index contributed by atoms with van der Waals surface area (Å²) >= 11 is 0. The van der Waals surface area contributed by atoms with E-state index in [-0.39, 0.29) is 62.8 Å². The van der Waals surface area contributed by atoms with Crippen molar-refractivity contribution in [3.63, 3.8) is 0 Å². The zero-order valence-electron chi connectivity index (χ0n) is 38.8. The van der Waals surface area contributed by atoms with Gasteiger partial charge in [-0.2, -0.15) is 0 Å². The average Bonchev–Trinajstić information content (AvgIpc) is 2.87. The van der Waals surface area contributed by atoms with E-state index in [1.54, 1.807) is 18.3 Å². The Hall–Kier alpha value is 0.371. The van der Waals surface area contributed by atoms with Gasteiger partial charge in [0.05, 0.1) is 23.1 Å². The van der Waals surface area contributed by atoms with E-state index >= 15 is 0 Å². The molecule has 0 saturated heterocycles. The van der Waals surface area contributed by atoms with Crippen LogP contribution in [0.5, 0.6) is 5.75 Å². The maximum atomic E-state index is 12.0. The molecule has 0 spiro atoms. The van der Waals surface area contributed by atoms with E-state index < -0.39 is 49.4 Å². The molecule has 3 rings (SSSR count). The van der Waals surface area contributed by atoms with Crippen LogP contribution >= 0.6 is 0 Å². The van der Waals surface area contributed by atoms with Gasteiger partial charge in [-0.25, -0.2) is 4.98 Å². The minimum Gasteiger partial charge on any atom is -0.871 e. The number of benzene rings is 2. The van der Waals surface area contributed by atoms with E-state index in [9.17, 15) is 5.11 Å². The van der Waals surface area contributed by atoms with Crippen LogP contribution in [0.3, 0.4) is 0 Å². The van der Waals surface area contributed by atoms with Crippen molar-refractivity contribution in [1.82, 2.24) is 4.98 Å². The van der Waals surface area contributed by atoms with Gasteiger partial charge >= 0.3 is 57.0 Å². The van der Waals surface area contributed by atoms with E-state index in [1.807, 2.05) is 18.2 Å². The Labute approximate surface area is 382 Å². The predicted molar refractivity (Wildman–Crippen MR) is 253 cm³/mol. The average molecular weight is 982 g/mol. The van der Waals surface area contributed by atoms with Crippen molar-refractivity contribution in [2.45, 2.75) is 157 Å². The van der Waals surface area contributed by atoms with Crippen LogP contribution in [0.15, 0.2) is 53.5 Å². The van der Waals surface area contributed by atoms with Gasteiger partial charge in [0, 0.05) is 0 Å². The van der Waals surface area contributed by atoms with Crippen LogP contribution < -0.4 is 24.0 Å². The molecule has 0 unspecified atom stereocenters. The first-order valence-corrected chi connectivity index (χ1v) is 39.7. The molecule has 0 aliphatic carbocycles. The summed E-state index contributed by atoms with van der Waals surface area (Å²) in [4.78, 5) is 9.24. The number of aliphatic imine (C=N–C) groups is 1. The maximum absolute atomic E-state index is 12.0. The first-order valence-electron chi connectivity index (χ1n) is 19.0. The number of rotatable bonds is 10. The molecule has 0 aliphatic rings. The molecule has 1 heterocycles. The second-order valence-electron chi connectivity index (χ2n) is 20.3. The summed E-state index contributed by atoms with van der Waals surface area (Å²) in [7, 11) is -6.64. The third-order valence-electron chi connectivity index (χ3n) is 6.39. The molecule has 1 aromatic heterocycles. The molecular formula is C40H77DyLiN5OSi6. The molecule has 54 heavy (non-hydrogen) atoms. The van der Waals surface area contributed by atoms with Gasteiger partial charge in [0.15, 0.2) is 0 Å². The van der Waals surface area contributed by atoms with Gasteiger partial charge in [-0.05, 0) is 34.4 Å². The van der Waals surface area contributed by atoms with Crippen molar-refractivity contribution in [2.75, 3.05) is 0 Å². The fourth-order valence-corrected chi connectivity index (χ4v) is 30.2. The van der Waals surface area contributed by atoms with Gasteiger partial charge < -0.3 is 19.1 Å². The Morgan fingerprint density at radius 2 is 0.870 bits per heavy atom. The number of pyridine rings is 1. The van der Waals surface area contributed by atoms with Gasteiger partial charge in [0.2, 0.25) is 0 Å². The first-order chi connectivity index (χ1) is 23.1. The minimum atomic E-state index is -1.11. The molecule has 0 N–H and O–H groups in total. The Morgan fingerprint density at radius 3 is 1.17 bits per heavy atom. The summed E-state index contributed by atoms with van der Waals surface area (Å²) in [6.07, 6.45) is 1.76. The molecule has 0 aliphatic heterocycles. The molecule has 2 aromatic carbocycles. The minimum absolute atomic E-state index is 0. The quantitative estimate of drug-likeness (QED) is 0.150. The molecule has 0 fully saturated rings. The molecule has 303 valence electrons. The summed E-state index contributed by atoms with van der Waals surface area (Å²) in [5.41, 5.74) is 4.67. The second kappa shape index (κ2) is 24.5. The number of para-hydroxylation sites is 2. The largest absolute Gasteiger partial charge is 3.00 e. The fraction of sp³-hybridized carbons (Fsp3) is 0.600. The molecule has 1 radical (unpaired) electrons. The smallest absolute Gasteiger partial charge is 0.871 e. The van der Waals surface area contributed by atoms with E-state index in [0.717, 1.165) is 11.1 Å². The number of aromatic nitrogens is 1. The molecule has 3 aromatic rings. The third kappa shape index (κ3) is 29.6. The van der Waals surface area contributed by atoms with Crippen LogP contribution in [0, 0.1) is 38.2 Å². The maximum Gasteiger partial charge on any atom is 3.00 e. The molecule has 14 heteroatoms. The second-order valence-corrected chi connectivity index (χ2v) is 49.0. The predicted octanol–water partition coefficient (Wildman–Crippen LogP) is 11.4. The van der Waals surface area contributed by atoms with Crippen molar-refractivity contribution in [1.29, 1.82) is 0 Å². The summed E-state index contributed by atoms with van der Waals surface area (Å²) in [6.45, 7) is 50.1. The van der Waals surface area contributed by atoms with Gasteiger partial charge in [-0.15, -0.1) is 0 Å². The molecule has 0 atom stereocenters. The number of fused-ring (bicyclic) bond motifs is 1. The zero-order chi connectivity index (χ0) is 41.1. The Kier molecular flexibility index (Phi) is 26.6. The monoisotopic (exact) mass is 982 g/mol. The molecule has 0 amide bonds. The number of hydrogen-bond donors (Lipinski definition) is 0. The Balaban J connectivity index is -0.000000747. The van der Waals surface area contributed by atoms with Crippen molar-refractivity contribution in [3.05, 3.63) is 79.3 Å². The summed E-state index contributed by atoms with van der Waals surface area (Å²) in [5, 5.41) is 12.8. The first kappa shape index (κ1) is 58.7. The fourth-order valence-electron chi connectivity index (χ4n) is 6.02. The van der Waals surface area contributed by atoms with Crippen LogP contribution in [0.1, 0.15) is 56.4 Å². The van der Waals surface area contributed by atoms with Crippen LogP contribution in [0.2, 0.25) is 118 Å². The number of hydrogen-bond acceptors (Lipinski definition) is 3. The van der Waals surface area contributed by atoms with E-state index in [1.165, 1.54) is 11.1 Å². The van der Waals surface area contributed by atoms with Crippen molar-refractivity contribution >= 4 is 72.2 Å². The normalized spacial score (nSPS) is 12.5. The summed E-state index contributed by atoms with van der Waals surface area (Å²) < 4.78 is 14.5. The Bertz CT molecular complexity index is 1430. The Morgan fingerprint density at radius 1 is 0.537 bits per heavy atom. The van der Waals surface area contributed by atoms with Crippen molar-refractivity contribution < 1.29 is 62.1 Å². The summed E-state index contributed by atoms with van der Waals surface area (Å²) in [5.74, 6) is 0.727. The topological polar surface area (TPSA) is 90.6 Å². The van der Waals surface area contributed by atoms with Crippen LogP contribution in [0.4, 0.5) is 5.69 Å². The molecule has 0 saturated carbocycles. The standard InChI is InChI=1S/C22H24N2O.3C6H18NSi2.Dy.Li/c1-14(2)18-8-6-9-19(15(3)4)22(18)23-13-17-12-11-16-7-5-10-20(25)21(16)24-17;3*1-8(2,3)7-9(4,5)6;;/h5-15,25H,1-4H3;3*1-6H3;;/q;3*-1;+3;+1/p-1. The molecule has 6 nitrogen and oxygen atoms in total. The number of nitrogens with zero attached hydrogens (tertiary/aromatic N) is 5. The van der Waals surface area contributed by atoms with Crippen LogP contribution in [-0.2, 0) is 0 Å². The molecule has 0 bridgehead atoms. The van der Waals surface area contributed by atoms with E-state index in [2.05, 4.69) is 169 Å². The SMILES string of the molecule is CC(C)c1cccc(C(C)C)c1N=Cc1ccc2cccc([O-])c2n1.C[Si](C)(C)[N-][Si](C)(C)C.C[Si](C)(C)[N-][Si](C)(C)C.C[Si](C)(C)[N-][Si](C)(C)C.[Dy+3].[Li+]. The van der Waals surface area contributed by atoms with Crippen LogP contribution in [-0.4, -0.2) is 60.6 Å². The van der Waals surface area contributed by atoms with Gasteiger partial charge in [0.25, 0.3) is 0 Å². The van der Waals surface area contributed by atoms with Gasteiger partial charge in [0.1, 0.15) is 0 Å². The van der Waals surface area contributed by atoms with E-state index in [4.69, 9.17) is 18.9 Å². The van der Waals surface area contributed by atoms with Crippen LogP contribution in [0.25, 0.3) is 24.8 Å². The van der Waals surface area contributed by atoms with Gasteiger partial charge in [-0.1, -0.05) is 243 Å². The summed E-state index contributed by atoms with van der Waals surface area (Å²) in [6, 6.07) is 15.4. The van der Waals surface area contributed by atoms with Crippen molar-refractivity contribution in [3.8, 4) is 5.75 Å². The molecular weight excluding hydrogens is 904 g/mol. The van der Waals surface area contributed by atoms with Gasteiger partial charge in [-0.3, -0.25) is 4.99 Å². The van der Waals surface area contributed by atoms with Crippen molar-refractivity contribution in [2.24, 2.45) is 4.99 Å². The van der Waals surface area contributed by atoms with E-state index in [0.29, 0.717) is 23.0 Å².